The molecule has 2 N–H and O–H groups in total. The summed E-state index contributed by atoms with van der Waals surface area (Å²) in [5, 5.41) is 0. The minimum absolute atomic E-state index is 0. The Hall–Kier alpha value is -1.45. The molecule has 0 radical (unpaired) electrons. The van der Waals surface area contributed by atoms with Crippen molar-refractivity contribution in [3.05, 3.63) is 60.2 Å². The zero-order valence-electron chi connectivity index (χ0n) is 10.4. The van der Waals surface area contributed by atoms with Crippen molar-refractivity contribution in [3.63, 3.8) is 0 Å². The van der Waals surface area contributed by atoms with Crippen LogP contribution < -0.4 is 5.73 Å². The Labute approximate surface area is 114 Å². The average Bonchev–Trinajstić information content (AvgIpc) is 2.39. The van der Waals surface area contributed by atoms with Crippen molar-refractivity contribution in [3.8, 4) is 0 Å². The summed E-state index contributed by atoms with van der Waals surface area (Å²) in [6.07, 6.45) is 6.94. The van der Waals surface area contributed by atoms with Crippen LogP contribution in [0.1, 0.15) is 24.5 Å². The van der Waals surface area contributed by atoms with Gasteiger partial charge in [-0.3, -0.25) is 0 Å². The number of nitrogens with zero attached hydrogens (tertiary/aromatic N) is 2. The lowest BCUT2D eigenvalue weighted by Crippen LogP contribution is -2.33. The van der Waals surface area contributed by atoms with Gasteiger partial charge in [-0.2, -0.15) is 0 Å². The molecule has 3 nitrogen and oxygen atoms in total. The quantitative estimate of drug-likeness (QED) is 0.923. The van der Waals surface area contributed by atoms with E-state index in [4.69, 9.17) is 5.73 Å². The van der Waals surface area contributed by atoms with E-state index < -0.39 is 0 Å². The first-order valence-corrected chi connectivity index (χ1v) is 5.77. The number of rotatable bonds is 4. The molecule has 1 aromatic heterocycles. The number of benzene rings is 1. The summed E-state index contributed by atoms with van der Waals surface area (Å²) < 4.78 is 0. The average molecular weight is 264 g/mol. The van der Waals surface area contributed by atoms with Crippen molar-refractivity contribution in [2.45, 2.75) is 25.3 Å². The van der Waals surface area contributed by atoms with Crippen LogP contribution in [0.3, 0.4) is 0 Å². The van der Waals surface area contributed by atoms with Crippen LogP contribution in [0.2, 0.25) is 0 Å². The highest BCUT2D eigenvalue weighted by molar-refractivity contribution is 5.85. The van der Waals surface area contributed by atoms with E-state index in [-0.39, 0.29) is 17.9 Å². The molecule has 0 aliphatic heterocycles. The third kappa shape index (κ3) is 3.79. The zero-order chi connectivity index (χ0) is 12.1. The van der Waals surface area contributed by atoms with Crippen LogP contribution in [0.15, 0.2) is 49.1 Å². The van der Waals surface area contributed by atoms with Gasteiger partial charge in [0.05, 0.1) is 0 Å². The van der Waals surface area contributed by atoms with Gasteiger partial charge in [0.15, 0.2) is 0 Å². The number of aryl methyl sites for hydroxylation is 1. The van der Waals surface area contributed by atoms with Crippen molar-refractivity contribution in [2.24, 2.45) is 5.73 Å². The van der Waals surface area contributed by atoms with Gasteiger partial charge in [0.25, 0.3) is 0 Å². The van der Waals surface area contributed by atoms with E-state index in [1.54, 1.807) is 12.4 Å². The van der Waals surface area contributed by atoms with E-state index in [0.29, 0.717) is 0 Å². The van der Waals surface area contributed by atoms with Gasteiger partial charge in [-0.1, -0.05) is 30.3 Å². The monoisotopic (exact) mass is 263 g/mol. The van der Waals surface area contributed by atoms with Gasteiger partial charge >= 0.3 is 0 Å². The Morgan fingerprint density at radius 3 is 2.33 bits per heavy atom. The molecule has 0 spiro atoms. The predicted molar refractivity (Wildman–Crippen MR) is 75.6 cm³/mol. The SMILES string of the molecule is CC(N)(CCc1ccccc1)c1cncnc1.Cl. The third-order valence-electron chi connectivity index (χ3n) is 3.00. The highest BCUT2D eigenvalue weighted by Crippen LogP contribution is 2.22. The van der Waals surface area contributed by atoms with Crippen molar-refractivity contribution in [2.75, 3.05) is 0 Å². The molecule has 0 fully saturated rings. The summed E-state index contributed by atoms with van der Waals surface area (Å²) in [5.74, 6) is 0. The Balaban J connectivity index is 0.00000162. The van der Waals surface area contributed by atoms with Gasteiger partial charge in [0.2, 0.25) is 0 Å². The molecule has 0 saturated carbocycles. The van der Waals surface area contributed by atoms with Gasteiger partial charge in [0, 0.05) is 23.5 Å². The first-order valence-electron chi connectivity index (χ1n) is 5.77. The van der Waals surface area contributed by atoms with Gasteiger partial charge in [-0.05, 0) is 25.3 Å². The lowest BCUT2D eigenvalue weighted by molar-refractivity contribution is 0.449. The fraction of sp³-hybridized carbons (Fsp3) is 0.286. The molecule has 0 aliphatic rings. The number of nitrogens with two attached hydrogens (primary N) is 1. The lowest BCUT2D eigenvalue weighted by Gasteiger charge is -2.24. The Morgan fingerprint density at radius 2 is 1.72 bits per heavy atom. The molecule has 0 saturated heterocycles. The maximum atomic E-state index is 6.31. The van der Waals surface area contributed by atoms with Gasteiger partial charge in [-0.15, -0.1) is 12.4 Å². The molecule has 0 amide bonds. The van der Waals surface area contributed by atoms with E-state index in [1.807, 2.05) is 13.0 Å². The standard InChI is InChI=1S/C14H17N3.ClH/c1-14(15,13-9-16-11-17-10-13)8-7-12-5-3-2-4-6-12;/h2-6,9-11H,7-8,15H2,1H3;1H. The number of aromatic nitrogens is 2. The molecule has 0 aliphatic carbocycles. The topological polar surface area (TPSA) is 51.8 Å². The summed E-state index contributed by atoms with van der Waals surface area (Å²) in [7, 11) is 0. The molecular formula is C14H18ClN3. The van der Waals surface area contributed by atoms with Crippen LogP contribution >= 0.6 is 12.4 Å². The molecular weight excluding hydrogens is 246 g/mol. The Morgan fingerprint density at radius 1 is 1.11 bits per heavy atom. The third-order valence-corrected chi connectivity index (χ3v) is 3.00. The highest BCUT2D eigenvalue weighted by atomic mass is 35.5. The summed E-state index contributed by atoms with van der Waals surface area (Å²) in [6, 6.07) is 10.4. The summed E-state index contributed by atoms with van der Waals surface area (Å²) in [5.41, 5.74) is 8.22. The molecule has 18 heavy (non-hydrogen) atoms. The first-order chi connectivity index (χ1) is 8.18. The smallest absolute Gasteiger partial charge is 0.115 e. The number of hydrogen-bond acceptors (Lipinski definition) is 3. The van der Waals surface area contributed by atoms with E-state index in [1.165, 1.54) is 11.9 Å². The first kappa shape index (κ1) is 14.6. The van der Waals surface area contributed by atoms with Crippen LogP contribution in [0, 0.1) is 0 Å². The zero-order valence-corrected chi connectivity index (χ0v) is 11.2. The van der Waals surface area contributed by atoms with Crippen LogP contribution in [0.4, 0.5) is 0 Å². The highest BCUT2D eigenvalue weighted by Gasteiger charge is 2.21. The minimum Gasteiger partial charge on any atom is -0.322 e. The lowest BCUT2D eigenvalue weighted by atomic mass is 9.89. The Bertz CT molecular complexity index is 457. The normalized spacial score (nSPS) is 13.4. The molecule has 0 bridgehead atoms. The second-order valence-electron chi connectivity index (χ2n) is 4.53. The maximum Gasteiger partial charge on any atom is 0.115 e. The van der Waals surface area contributed by atoms with Gasteiger partial charge < -0.3 is 5.73 Å². The summed E-state index contributed by atoms with van der Waals surface area (Å²) >= 11 is 0. The largest absolute Gasteiger partial charge is 0.322 e. The fourth-order valence-electron chi connectivity index (χ4n) is 1.79. The second-order valence-corrected chi connectivity index (χ2v) is 4.53. The van der Waals surface area contributed by atoms with E-state index >= 15 is 0 Å². The Kier molecular flexibility index (Phi) is 5.25. The summed E-state index contributed by atoms with van der Waals surface area (Å²) in [4.78, 5) is 8.03. The molecule has 4 heteroatoms. The van der Waals surface area contributed by atoms with E-state index in [0.717, 1.165) is 18.4 Å². The molecule has 1 aromatic carbocycles. The molecule has 2 rings (SSSR count). The van der Waals surface area contributed by atoms with E-state index in [2.05, 4.69) is 34.2 Å². The number of halogens is 1. The van der Waals surface area contributed by atoms with Gasteiger partial charge in [0.1, 0.15) is 6.33 Å². The van der Waals surface area contributed by atoms with Crippen molar-refractivity contribution >= 4 is 12.4 Å². The number of hydrogen-bond donors (Lipinski definition) is 1. The predicted octanol–water partition coefficient (Wildman–Crippen LogP) is 2.71. The maximum absolute atomic E-state index is 6.31. The fourth-order valence-corrected chi connectivity index (χ4v) is 1.79. The van der Waals surface area contributed by atoms with Crippen molar-refractivity contribution in [1.29, 1.82) is 0 Å². The molecule has 1 heterocycles. The van der Waals surface area contributed by atoms with E-state index in [9.17, 15) is 0 Å². The minimum atomic E-state index is -0.378. The van der Waals surface area contributed by atoms with Crippen LogP contribution in [0.25, 0.3) is 0 Å². The molecule has 96 valence electrons. The summed E-state index contributed by atoms with van der Waals surface area (Å²) in [6.45, 7) is 2.02. The van der Waals surface area contributed by atoms with Crippen LogP contribution in [-0.4, -0.2) is 9.97 Å². The van der Waals surface area contributed by atoms with Crippen molar-refractivity contribution in [1.82, 2.24) is 9.97 Å². The van der Waals surface area contributed by atoms with Gasteiger partial charge in [-0.25, -0.2) is 9.97 Å². The molecule has 1 atom stereocenters. The second kappa shape index (κ2) is 6.47. The van der Waals surface area contributed by atoms with Crippen LogP contribution in [-0.2, 0) is 12.0 Å². The molecule has 2 aromatic rings. The molecule has 1 unspecified atom stereocenters. The van der Waals surface area contributed by atoms with Crippen LogP contribution in [0.5, 0.6) is 0 Å². The van der Waals surface area contributed by atoms with Crippen molar-refractivity contribution < 1.29 is 0 Å².